The lowest BCUT2D eigenvalue weighted by molar-refractivity contribution is 1.11. The molecule has 0 amide bonds. The zero-order chi connectivity index (χ0) is 13.5. The number of benzene rings is 2. The van der Waals surface area contributed by atoms with Crippen molar-refractivity contribution in [2.45, 2.75) is 0 Å². The Morgan fingerprint density at radius 2 is 1.80 bits per heavy atom. The molecule has 0 saturated carbocycles. The van der Waals surface area contributed by atoms with E-state index in [9.17, 15) is 0 Å². The maximum atomic E-state index is 4.20. The average molecular weight is 371 g/mol. The van der Waals surface area contributed by atoms with Crippen LogP contribution in [0.5, 0.6) is 0 Å². The summed E-state index contributed by atoms with van der Waals surface area (Å²) in [6.45, 7) is 0. The van der Waals surface area contributed by atoms with E-state index in [4.69, 9.17) is 0 Å². The minimum Gasteiger partial charge on any atom is -0.281 e. The molecule has 0 aliphatic rings. The number of rotatable bonds is 1. The predicted octanol–water partition coefficient (Wildman–Crippen LogP) is 4.15. The topological polar surface area (TPSA) is 30.2 Å². The first kappa shape index (κ1) is 11.8. The van der Waals surface area contributed by atoms with E-state index in [1.807, 2.05) is 10.5 Å². The lowest BCUT2D eigenvalue weighted by Crippen LogP contribution is -1.91. The number of fused-ring (bicyclic) bond motifs is 3. The van der Waals surface area contributed by atoms with E-state index in [0.29, 0.717) is 0 Å². The van der Waals surface area contributed by atoms with Gasteiger partial charge in [-0.15, -0.1) is 10.2 Å². The summed E-state index contributed by atoms with van der Waals surface area (Å²) < 4.78 is 3.24. The molecular weight excluding hydrogens is 361 g/mol. The van der Waals surface area contributed by atoms with E-state index in [0.717, 1.165) is 11.2 Å². The van der Waals surface area contributed by atoms with Gasteiger partial charge in [0.05, 0.1) is 5.52 Å². The summed E-state index contributed by atoms with van der Waals surface area (Å²) in [5.41, 5.74) is 4.40. The molecule has 0 aliphatic heterocycles. The molecule has 0 atom stereocenters. The Morgan fingerprint density at radius 1 is 0.950 bits per heavy atom. The lowest BCUT2D eigenvalue weighted by Gasteiger charge is -2.09. The van der Waals surface area contributed by atoms with Crippen LogP contribution in [0.2, 0.25) is 0 Å². The van der Waals surface area contributed by atoms with Crippen LogP contribution in [0.4, 0.5) is 0 Å². The predicted molar refractivity (Wildman–Crippen MR) is 88.6 cm³/mol. The summed E-state index contributed by atoms with van der Waals surface area (Å²) >= 11 is 2.33. The molecule has 4 heteroatoms. The van der Waals surface area contributed by atoms with Gasteiger partial charge in [0.15, 0.2) is 5.65 Å². The highest BCUT2D eigenvalue weighted by molar-refractivity contribution is 14.1. The average Bonchev–Trinajstić information content (AvgIpc) is 2.96. The number of pyridine rings is 1. The first-order valence-corrected chi connectivity index (χ1v) is 7.38. The molecule has 0 unspecified atom stereocenters. The van der Waals surface area contributed by atoms with Gasteiger partial charge in [0, 0.05) is 8.96 Å². The molecule has 96 valence electrons. The third-order valence-corrected chi connectivity index (χ3v) is 4.11. The van der Waals surface area contributed by atoms with Crippen LogP contribution in [0.15, 0.2) is 60.9 Å². The minimum atomic E-state index is 0.873. The Kier molecular flexibility index (Phi) is 2.70. The molecule has 3 nitrogen and oxygen atoms in total. The standard InChI is InChI=1S/C16H10IN3/c17-12-6-7-13-14(11-4-2-1-3-5-11)9-16-19-18-10-20(16)15(13)8-12/h1-10H. The van der Waals surface area contributed by atoms with Crippen LogP contribution in [0.25, 0.3) is 27.7 Å². The van der Waals surface area contributed by atoms with Crippen LogP contribution in [0.3, 0.4) is 0 Å². The van der Waals surface area contributed by atoms with Gasteiger partial charge in [-0.2, -0.15) is 0 Å². The highest BCUT2D eigenvalue weighted by Crippen LogP contribution is 2.30. The fourth-order valence-corrected chi connectivity index (χ4v) is 3.00. The summed E-state index contributed by atoms with van der Waals surface area (Å²) in [6, 6.07) is 19.0. The molecule has 4 rings (SSSR count). The van der Waals surface area contributed by atoms with E-state index in [-0.39, 0.29) is 0 Å². The van der Waals surface area contributed by atoms with Gasteiger partial charge in [-0.3, -0.25) is 4.40 Å². The summed E-state index contributed by atoms with van der Waals surface area (Å²) in [4.78, 5) is 0. The smallest absolute Gasteiger partial charge is 0.161 e. The Hall–Kier alpha value is -1.95. The van der Waals surface area contributed by atoms with Crippen LogP contribution >= 0.6 is 22.6 Å². The van der Waals surface area contributed by atoms with Gasteiger partial charge in [0.25, 0.3) is 0 Å². The largest absolute Gasteiger partial charge is 0.281 e. The highest BCUT2D eigenvalue weighted by Gasteiger charge is 2.09. The maximum Gasteiger partial charge on any atom is 0.161 e. The molecule has 0 radical (unpaired) electrons. The monoisotopic (exact) mass is 371 g/mol. The van der Waals surface area contributed by atoms with Gasteiger partial charge in [-0.25, -0.2) is 0 Å². The molecule has 0 fully saturated rings. The van der Waals surface area contributed by atoms with Gasteiger partial charge in [0.1, 0.15) is 6.33 Å². The molecule has 0 N–H and O–H groups in total. The highest BCUT2D eigenvalue weighted by atomic mass is 127. The SMILES string of the molecule is Ic1ccc2c(-c3ccccc3)cc3nncn3c2c1. The number of nitrogens with zero attached hydrogens (tertiary/aromatic N) is 3. The molecule has 0 aliphatic carbocycles. The van der Waals surface area contributed by atoms with Gasteiger partial charge in [-0.05, 0) is 51.9 Å². The summed E-state index contributed by atoms with van der Waals surface area (Å²) in [6.07, 6.45) is 1.77. The Morgan fingerprint density at radius 3 is 2.65 bits per heavy atom. The van der Waals surface area contributed by atoms with E-state index in [1.54, 1.807) is 6.33 Å². The Balaban J connectivity index is 2.18. The number of hydrogen-bond donors (Lipinski definition) is 0. The van der Waals surface area contributed by atoms with Gasteiger partial charge in [-0.1, -0.05) is 36.4 Å². The second kappa shape index (κ2) is 4.56. The van der Waals surface area contributed by atoms with Gasteiger partial charge >= 0.3 is 0 Å². The maximum absolute atomic E-state index is 4.20. The lowest BCUT2D eigenvalue weighted by atomic mass is 10.0. The molecule has 2 aromatic heterocycles. The van der Waals surface area contributed by atoms with Crippen molar-refractivity contribution in [1.82, 2.24) is 14.6 Å². The van der Waals surface area contributed by atoms with E-state index in [2.05, 4.69) is 81.3 Å². The first-order valence-electron chi connectivity index (χ1n) is 6.30. The number of halogens is 1. The van der Waals surface area contributed by atoms with Crippen LogP contribution in [-0.4, -0.2) is 14.6 Å². The van der Waals surface area contributed by atoms with Crippen molar-refractivity contribution in [2.24, 2.45) is 0 Å². The van der Waals surface area contributed by atoms with E-state index >= 15 is 0 Å². The molecule has 2 aromatic carbocycles. The van der Waals surface area contributed by atoms with Crippen LogP contribution < -0.4 is 0 Å². The molecule has 2 heterocycles. The van der Waals surface area contributed by atoms with E-state index in [1.165, 1.54) is 20.1 Å². The zero-order valence-electron chi connectivity index (χ0n) is 10.5. The summed E-state index contributed by atoms with van der Waals surface area (Å²) in [7, 11) is 0. The zero-order valence-corrected chi connectivity index (χ0v) is 12.7. The quantitative estimate of drug-likeness (QED) is 0.471. The fourth-order valence-electron chi connectivity index (χ4n) is 2.52. The van der Waals surface area contributed by atoms with Crippen molar-refractivity contribution in [2.75, 3.05) is 0 Å². The number of aromatic nitrogens is 3. The van der Waals surface area contributed by atoms with Crippen molar-refractivity contribution in [3.63, 3.8) is 0 Å². The van der Waals surface area contributed by atoms with Gasteiger partial charge in [0.2, 0.25) is 0 Å². The second-order valence-electron chi connectivity index (χ2n) is 4.64. The molecule has 4 aromatic rings. The fraction of sp³-hybridized carbons (Fsp3) is 0. The summed E-state index contributed by atoms with van der Waals surface area (Å²) in [5, 5.41) is 9.43. The normalized spacial score (nSPS) is 11.2. The van der Waals surface area contributed by atoms with Crippen LogP contribution in [0.1, 0.15) is 0 Å². The Bertz CT molecular complexity index is 913. The van der Waals surface area contributed by atoms with Crippen LogP contribution in [-0.2, 0) is 0 Å². The molecule has 20 heavy (non-hydrogen) atoms. The van der Waals surface area contributed by atoms with Crippen molar-refractivity contribution < 1.29 is 0 Å². The van der Waals surface area contributed by atoms with Crippen molar-refractivity contribution in [3.05, 3.63) is 64.5 Å². The minimum absolute atomic E-state index is 0.873. The van der Waals surface area contributed by atoms with Crippen molar-refractivity contribution in [1.29, 1.82) is 0 Å². The first-order chi connectivity index (χ1) is 9.83. The molecule has 0 saturated heterocycles. The molecular formula is C16H10IN3. The molecule has 0 bridgehead atoms. The Labute approximate surface area is 129 Å². The van der Waals surface area contributed by atoms with E-state index < -0.39 is 0 Å². The van der Waals surface area contributed by atoms with Crippen molar-refractivity contribution >= 4 is 39.1 Å². The van der Waals surface area contributed by atoms with Gasteiger partial charge < -0.3 is 0 Å². The third kappa shape index (κ3) is 1.79. The van der Waals surface area contributed by atoms with Crippen molar-refractivity contribution in [3.8, 4) is 11.1 Å². The summed E-state index contributed by atoms with van der Waals surface area (Å²) in [5.74, 6) is 0. The molecule has 0 spiro atoms. The van der Waals surface area contributed by atoms with Crippen LogP contribution in [0, 0.1) is 3.57 Å². The third-order valence-electron chi connectivity index (χ3n) is 3.44. The number of hydrogen-bond acceptors (Lipinski definition) is 2. The second-order valence-corrected chi connectivity index (χ2v) is 5.89.